The van der Waals surface area contributed by atoms with Gasteiger partial charge in [0.1, 0.15) is 32.5 Å². The van der Waals surface area contributed by atoms with Gasteiger partial charge < -0.3 is 22.9 Å². The van der Waals surface area contributed by atoms with Crippen LogP contribution in [0.4, 0.5) is 68.2 Å². The molecule has 0 aliphatic heterocycles. The molecule has 0 saturated carbocycles. The number of aryl methyl sites for hydroxylation is 2. The number of benzene rings is 7. The van der Waals surface area contributed by atoms with Gasteiger partial charge in [-0.1, -0.05) is 48.5 Å². The zero-order valence-electron chi connectivity index (χ0n) is 34.1. The summed E-state index contributed by atoms with van der Waals surface area (Å²) in [6.45, 7) is 4.84. The molecule has 0 saturated heterocycles. The Hall–Kier alpha value is -7.61. The number of rotatable bonds is 11. The molecule has 7 aromatic rings. The molecule has 24 heteroatoms. The Bertz CT molecular complexity index is 3400. The lowest BCUT2D eigenvalue weighted by Crippen LogP contribution is -1.98. The molecule has 0 unspecified atom stereocenters. The number of hydrogen-bond donors (Lipinski definition) is 7. The molecule has 0 aliphatic rings. The smallest absolute Gasteiger partial charge is 0.295 e. The van der Waals surface area contributed by atoms with Gasteiger partial charge in [0, 0.05) is 27.1 Å². The summed E-state index contributed by atoms with van der Waals surface area (Å²) in [4.78, 5) is -1.24. The first-order valence-electron chi connectivity index (χ1n) is 18.7. The van der Waals surface area contributed by atoms with Gasteiger partial charge in [-0.05, 0) is 80.4 Å². The van der Waals surface area contributed by atoms with Crippen molar-refractivity contribution < 1.29 is 38.9 Å². The fraction of sp³-hybridized carbons (Fsp3) is 0.0732. The molecular weight excluding hydrogens is 901 g/mol. The molecule has 0 atom stereocenters. The summed E-state index contributed by atoms with van der Waals surface area (Å²) in [7, 11) is -13.9. The van der Waals surface area contributed by atoms with Crippen molar-refractivity contribution in [2.75, 3.05) is 22.9 Å². The molecule has 0 amide bonds. The molecule has 65 heavy (non-hydrogen) atoms. The summed E-state index contributed by atoms with van der Waals surface area (Å²) < 4.78 is 102. The lowest BCUT2D eigenvalue weighted by atomic mass is 10.1. The maximum Gasteiger partial charge on any atom is 0.295 e. The Morgan fingerprint density at radius 2 is 0.723 bits per heavy atom. The average Bonchev–Trinajstić information content (AvgIpc) is 3.24. The van der Waals surface area contributed by atoms with Crippen molar-refractivity contribution >= 4 is 120 Å². The highest BCUT2D eigenvalue weighted by molar-refractivity contribution is 7.86. The highest BCUT2D eigenvalue weighted by atomic mass is 32.2. The predicted molar refractivity (Wildman–Crippen MR) is 245 cm³/mol. The standard InChI is InChI=1S/C41H36N12O9S3/c1-20-16-32(38(44)40(36(20)42)52-46-28-12-14-34(64(57,58)59)26-10-6-4-8-24(26)28)50-48-30-18-23(63(54,55)56)19-31(22(30)3)49-51-33-17-21(2)37(43)41(39(33)45)53-47-29-13-15-35(65(60,61)62)27-11-7-5-9-25(27)29/h4-19H,42-45H2,1-3H3,(H,54,55,56)(H,57,58,59)(H,60,61,62). The van der Waals surface area contributed by atoms with Crippen molar-refractivity contribution in [3.63, 3.8) is 0 Å². The second kappa shape index (κ2) is 17.2. The van der Waals surface area contributed by atoms with Crippen molar-refractivity contribution in [2.45, 2.75) is 35.5 Å². The first-order valence-corrected chi connectivity index (χ1v) is 23.0. The molecule has 0 aromatic heterocycles. The summed E-state index contributed by atoms with van der Waals surface area (Å²) in [6.07, 6.45) is 0. The zero-order chi connectivity index (χ0) is 47.2. The maximum absolute atomic E-state index is 12.4. The number of hydrogen-bond acceptors (Lipinski definition) is 18. The largest absolute Gasteiger partial charge is 0.397 e. The summed E-state index contributed by atoms with van der Waals surface area (Å²) in [5.74, 6) is 0. The Kier molecular flexibility index (Phi) is 12.0. The Morgan fingerprint density at radius 1 is 0.385 bits per heavy atom. The summed E-state index contributed by atoms with van der Waals surface area (Å²) in [6, 6.07) is 22.9. The molecule has 0 heterocycles. The van der Waals surface area contributed by atoms with Crippen LogP contribution in [0.2, 0.25) is 0 Å². The fourth-order valence-electron chi connectivity index (χ4n) is 6.58. The first-order chi connectivity index (χ1) is 30.5. The molecule has 21 nitrogen and oxygen atoms in total. The zero-order valence-corrected chi connectivity index (χ0v) is 36.6. The van der Waals surface area contributed by atoms with Crippen LogP contribution in [0.1, 0.15) is 16.7 Å². The quantitative estimate of drug-likeness (QED) is 0.0361. The van der Waals surface area contributed by atoms with E-state index in [0.29, 0.717) is 21.9 Å². The number of azo groups is 4. The second-order valence-electron chi connectivity index (χ2n) is 14.3. The number of nitrogens with zero attached hydrogens (tertiary/aromatic N) is 8. The lowest BCUT2D eigenvalue weighted by molar-refractivity contribution is 0.481. The molecule has 7 aromatic carbocycles. The average molecular weight is 937 g/mol. The molecule has 332 valence electrons. The number of nitrogen functional groups attached to an aromatic ring is 4. The summed E-state index contributed by atoms with van der Waals surface area (Å²) >= 11 is 0. The third-order valence-corrected chi connectivity index (χ3v) is 12.7. The van der Waals surface area contributed by atoms with Gasteiger partial charge in [-0.25, -0.2) is 0 Å². The molecule has 0 radical (unpaired) electrons. The minimum absolute atomic E-state index is 0.00141. The van der Waals surface area contributed by atoms with E-state index in [0.717, 1.165) is 12.1 Å². The molecule has 11 N–H and O–H groups in total. The lowest BCUT2D eigenvalue weighted by Gasteiger charge is -2.11. The van der Waals surface area contributed by atoms with Crippen LogP contribution in [0.15, 0.2) is 153 Å². The van der Waals surface area contributed by atoms with E-state index in [4.69, 9.17) is 22.9 Å². The molecule has 0 fully saturated rings. The number of nitrogens with two attached hydrogens (primary N) is 4. The Balaban J connectivity index is 1.24. The van der Waals surface area contributed by atoms with Crippen LogP contribution in [0.25, 0.3) is 21.5 Å². The second-order valence-corrected chi connectivity index (χ2v) is 18.5. The minimum atomic E-state index is -4.84. The molecule has 0 spiro atoms. The number of anilines is 4. The van der Waals surface area contributed by atoms with Crippen LogP contribution in [-0.4, -0.2) is 38.9 Å². The Labute approximate surface area is 370 Å². The third-order valence-electron chi connectivity index (χ3n) is 10.1. The maximum atomic E-state index is 12.4. The van der Waals surface area contributed by atoms with Gasteiger partial charge in [-0.2, -0.15) is 35.5 Å². The molecule has 0 aliphatic carbocycles. The topological polar surface area (TPSA) is 366 Å². The first kappa shape index (κ1) is 45.4. The van der Waals surface area contributed by atoms with E-state index < -0.39 is 35.2 Å². The van der Waals surface area contributed by atoms with Gasteiger partial charge >= 0.3 is 0 Å². The van der Waals surface area contributed by atoms with E-state index in [-0.39, 0.29) is 94.4 Å². The molecular formula is C41H36N12O9S3. The summed E-state index contributed by atoms with van der Waals surface area (Å²) in [5, 5.41) is 35.2. The number of fused-ring (bicyclic) bond motifs is 2. The molecule has 7 rings (SSSR count). The van der Waals surface area contributed by atoms with E-state index >= 15 is 0 Å². The van der Waals surface area contributed by atoms with Crippen molar-refractivity contribution in [2.24, 2.45) is 40.9 Å². The van der Waals surface area contributed by atoms with Gasteiger partial charge in [0.25, 0.3) is 30.4 Å². The van der Waals surface area contributed by atoms with Crippen LogP contribution < -0.4 is 22.9 Å². The van der Waals surface area contributed by atoms with Crippen LogP contribution in [0.5, 0.6) is 0 Å². The third kappa shape index (κ3) is 9.24. The van der Waals surface area contributed by atoms with E-state index in [9.17, 15) is 38.9 Å². The van der Waals surface area contributed by atoms with E-state index in [1.54, 1.807) is 57.2 Å². The highest BCUT2D eigenvalue weighted by Gasteiger charge is 2.20. The van der Waals surface area contributed by atoms with E-state index in [2.05, 4.69) is 40.9 Å². The predicted octanol–water partition coefficient (Wildman–Crippen LogP) is 10.6. The monoisotopic (exact) mass is 936 g/mol. The van der Waals surface area contributed by atoms with Gasteiger partial charge in [0.15, 0.2) is 0 Å². The van der Waals surface area contributed by atoms with E-state index in [1.165, 1.54) is 48.5 Å². The van der Waals surface area contributed by atoms with Crippen molar-refractivity contribution in [1.82, 2.24) is 0 Å². The van der Waals surface area contributed by atoms with E-state index in [1.807, 2.05) is 0 Å². The normalized spacial score (nSPS) is 12.8. The van der Waals surface area contributed by atoms with Crippen LogP contribution in [-0.2, 0) is 30.4 Å². The van der Waals surface area contributed by atoms with Crippen LogP contribution >= 0.6 is 0 Å². The van der Waals surface area contributed by atoms with Gasteiger partial charge in [-0.15, -0.1) is 30.7 Å². The highest BCUT2D eigenvalue weighted by Crippen LogP contribution is 2.45. The Morgan fingerprint density at radius 3 is 1.08 bits per heavy atom. The SMILES string of the molecule is Cc1cc(N=Nc2cc(S(=O)(=O)O)cc(N=Nc3cc(C)c(N)c(N=Nc4ccc(S(=O)(=O)O)c5ccccc45)c3N)c2C)c(N)c(N=Nc2ccc(S(=O)(=O)O)c3ccccc23)c1N. The van der Waals surface area contributed by atoms with Crippen LogP contribution in [0, 0.1) is 20.8 Å². The van der Waals surface area contributed by atoms with Crippen molar-refractivity contribution in [1.29, 1.82) is 0 Å². The fourth-order valence-corrected chi connectivity index (χ4v) is 8.50. The van der Waals surface area contributed by atoms with Gasteiger partial charge in [0.2, 0.25) is 0 Å². The van der Waals surface area contributed by atoms with Gasteiger partial charge in [-0.3, -0.25) is 13.7 Å². The molecule has 0 bridgehead atoms. The van der Waals surface area contributed by atoms with Crippen LogP contribution in [0.3, 0.4) is 0 Å². The van der Waals surface area contributed by atoms with Crippen molar-refractivity contribution in [3.8, 4) is 0 Å². The summed E-state index contributed by atoms with van der Waals surface area (Å²) in [5.41, 5.74) is 27.3. The van der Waals surface area contributed by atoms with Gasteiger partial charge in [0.05, 0.1) is 50.4 Å². The minimum Gasteiger partial charge on any atom is -0.397 e. The van der Waals surface area contributed by atoms with Crippen molar-refractivity contribution in [3.05, 3.63) is 114 Å².